The molecule has 2 aromatic heterocycles. The first kappa shape index (κ1) is 42.1. The number of anilines is 6. The van der Waals surface area contributed by atoms with Crippen LogP contribution in [0.4, 0.5) is 34.1 Å². The Morgan fingerprint density at radius 3 is 0.757 bits per heavy atom. The number of nitrogens with zero attached hydrogens (tertiary/aromatic N) is 2. The quantitative estimate of drug-likeness (QED) is 0.152. The molecular formula is C70H46N2O2. The number of fused-ring (bicyclic) bond motifs is 16. The van der Waals surface area contributed by atoms with Gasteiger partial charge in [0.25, 0.3) is 0 Å². The number of hydrogen-bond donors (Lipinski definition) is 0. The van der Waals surface area contributed by atoms with Gasteiger partial charge in [-0.3, -0.25) is 0 Å². The van der Waals surface area contributed by atoms with Gasteiger partial charge in [-0.25, -0.2) is 0 Å². The van der Waals surface area contributed by atoms with E-state index in [0.29, 0.717) is 0 Å². The number of benzene rings is 10. The Kier molecular flexibility index (Phi) is 9.36. The maximum Gasteiger partial charge on any atom is 0.134 e. The molecule has 0 atom stereocenters. The van der Waals surface area contributed by atoms with Crippen molar-refractivity contribution in [3.05, 3.63) is 324 Å². The fourth-order valence-electron chi connectivity index (χ4n) is 12.7. The second-order valence-electron chi connectivity index (χ2n) is 19.5. The summed E-state index contributed by atoms with van der Waals surface area (Å²) in [6.45, 7) is 0. The Morgan fingerprint density at radius 1 is 0.230 bits per heavy atom. The average Bonchev–Trinajstić information content (AvgIpc) is 4.29. The minimum Gasteiger partial charge on any atom is -0.459 e. The Bertz CT molecular complexity index is 3580. The molecule has 2 heterocycles. The summed E-state index contributed by atoms with van der Waals surface area (Å²) in [5, 5.41) is 0. The summed E-state index contributed by atoms with van der Waals surface area (Å²) in [5.74, 6) is 3.43. The van der Waals surface area contributed by atoms with E-state index >= 15 is 0 Å². The smallest absolute Gasteiger partial charge is 0.134 e. The van der Waals surface area contributed by atoms with E-state index in [9.17, 15) is 0 Å². The molecule has 12 aromatic rings. The van der Waals surface area contributed by atoms with Crippen LogP contribution in [0.25, 0.3) is 44.9 Å². The van der Waals surface area contributed by atoms with Gasteiger partial charge in [-0.15, -0.1) is 0 Å². The van der Waals surface area contributed by atoms with Crippen molar-refractivity contribution in [2.75, 3.05) is 9.80 Å². The molecule has 3 aliphatic carbocycles. The monoisotopic (exact) mass is 946 g/mol. The minimum atomic E-state index is -0.857. The fourth-order valence-corrected chi connectivity index (χ4v) is 12.7. The molecule has 0 saturated heterocycles. The lowest BCUT2D eigenvalue weighted by Gasteiger charge is -2.42. The molecule has 2 spiro atoms. The van der Waals surface area contributed by atoms with Gasteiger partial charge in [0.05, 0.1) is 0 Å². The number of furan rings is 2. The maximum atomic E-state index is 7.77. The number of hydrogen-bond acceptors (Lipinski definition) is 4. The summed E-state index contributed by atoms with van der Waals surface area (Å²) in [6.07, 6.45) is 0. The zero-order valence-electron chi connectivity index (χ0n) is 40.3. The van der Waals surface area contributed by atoms with Crippen LogP contribution >= 0.6 is 0 Å². The van der Waals surface area contributed by atoms with Crippen LogP contribution in [0.2, 0.25) is 0 Å². The van der Waals surface area contributed by atoms with Crippen molar-refractivity contribution < 1.29 is 8.83 Å². The van der Waals surface area contributed by atoms with Gasteiger partial charge in [-0.2, -0.15) is 0 Å². The van der Waals surface area contributed by atoms with Gasteiger partial charge in [0.2, 0.25) is 0 Å². The van der Waals surface area contributed by atoms with Crippen molar-refractivity contribution >= 4 is 34.1 Å². The first-order chi connectivity index (χ1) is 36.7. The van der Waals surface area contributed by atoms with Gasteiger partial charge < -0.3 is 18.6 Å². The molecule has 0 saturated carbocycles. The summed E-state index contributed by atoms with van der Waals surface area (Å²) < 4.78 is 15.5. The first-order valence-electron chi connectivity index (χ1n) is 25.4. The molecule has 74 heavy (non-hydrogen) atoms. The highest BCUT2D eigenvalue weighted by Crippen LogP contribution is 2.69. The topological polar surface area (TPSA) is 32.8 Å². The normalized spacial score (nSPS) is 13.6. The predicted octanol–water partition coefficient (Wildman–Crippen LogP) is 18.2. The summed E-state index contributed by atoms with van der Waals surface area (Å²) in [6, 6.07) is 100. The molecule has 348 valence electrons. The molecule has 15 rings (SSSR count). The first-order valence-corrected chi connectivity index (χ1v) is 25.4. The van der Waals surface area contributed by atoms with Gasteiger partial charge in [0, 0.05) is 56.4 Å². The van der Waals surface area contributed by atoms with Gasteiger partial charge in [-0.05, 0) is 154 Å². The highest BCUT2D eigenvalue weighted by molar-refractivity contribution is 5.94. The lowest BCUT2D eigenvalue weighted by atomic mass is 9.57. The van der Waals surface area contributed by atoms with E-state index in [2.05, 4.69) is 289 Å². The lowest BCUT2D eigenvalue weighted by Crippen LogP contribution is -2.42. The van der Waals surface area contributed by atoms with Crippen molar-refractivity contribution in [3.63, 3.8) is 0 Å². The highest BCUT2D eigenvalue weighted by atomic mass is 16.4. The van der Waals surface area contributed by atoms with Crippen LogP contribution in [-0.4, -0.2) is 0 Å². The fraction of sp³-hybridized carbons (Fsp3) is 0.0286. The van der Waals surface area contributed by atoms with E-state index in [1.807, 2.05) is 0 Å². The molecule has 4 heteroatoms. The van der Waals surface area contributed by atoms with Crippen LogP contribution in [0.15, 0.2) is 288 Å². The SMILES string of the molecule is c1ccc(N(c2ccccc2)c2ccc(-c3cc4c(o3)C3(c5ccccc5-c5ccccc53)c3cc(-c5ccc(N(c6ccccc6)c6ccccc6)cc5)oc3C43c4ccccc4-c4ccccc43)cc2)cc1. The van der Waals surface area contributed by atoms with E-state index < -0.39 is 10.8 Å². The van der Waals surface area contributed by atoms with E-state index in [4.69, 9.17) is 8.83 Å². The molecule has 10 aromatic carbocycles. The zero-order valence-corrected chi connectivity index (χ0v) is 40.3. The largest absolute Gasteiger partial charge is 0.459 e. The second-order valence-corrected chi connectivity index (χ2v) is 19.5. The van der Waals surface area contributed by atoms with Crippen molar-refractivity contribution in [1.29, 1.82) is 0 Å². The molecule has 0 unspecified atom stereocenters. The van der Waals surface area contributed by atoms with Crippen LogP contribution in [-0.2, 0) is 10.8 Å². The van der Waals surface area contributed by atoms with Crippen LogP contribution < -0.4 is 9.80 Å². The van der Waals surface area contributed by atoms with Crippen molar-refractivity contribution in [1.82, 2.24) is 0 Å². The van der Waals surface area contributed by atoms with Crippen molar-refractivity contribution in [2.24, 2.45) is 0 Å². The third-order valence-corrected chi connectivity index (χ3v) is 15.7. The molecule has 0 amide bonds. The van der Waals surface area contributed by atoms with Crippen LogP contribution in [0, 0.1) is 0 Å². The molecule has 0 aliphatic heterocycles. The summed E-state index contributed by atoms with van der Waals surface area (Å²) in [4.78, 5) is 4.59. The summed E-state index contributed by atoms with van der Waals surface area (Å²) in [7, 11) is 0. The second kappa shape index (κ2) is 16.5. The van der Waals surface area contributed by atoms with Crippen LogP contribution in [0.3, 0.4) is 0 Å². The van der Waals surface area contributed by atoms with Gasteiger partial charge >= 0.3 is 0 Å². The standard InChI is InChI=1S/C70H46N2O2/c1-5-21-49(22-6-1)71(50-23-7-2-8-24-50)53-41-37-47(38-42-53)65-45-63-67(73-65)70(61-35-19-15-31-57(61)58-32-16-20-36-62(58)70)64-46-66(74-68(64)69(63)59-33-17-13-29-55(59)56-30-14-18-34-60(56)69)48-39-43-54(44-40-48)72(51-25-9-3-10-26-51)52-27-11-4-12-28-52/h1-46H. The Hall–Kier alpha value is -9.64. The number of para-hydroxylation sites is 4. The number of rotatable bonds is 8. The lowest BCUT2D eigenvalue weighted by molar-refractivity contribution is 0.407. The van der Waals surface area contributed by atoms with Crippen molar-refractivity contribution in [3.8, 4) is 44.9 Å². The minimum absolute atomic E-state index is 0.803. The predicted molar refractivity (Wildman–Crippen MR) is 299 cm³/mol. The average molecular weight is 947 g/mol. The van der Waals surface area contributed by atoms with Crippen molar-refractivity contribution in [2.45, 2.75) is 10.8 Å². The third-order valence-electron chi connectivity index (χ3n) is 15.7. The molecule has 4 nitrogen and oxygen atoms in total. The maximum absolute atomic E-state index is 7.77. The highest BCUT2D eigenvalue weighted by Gasteiger charge is 2.63. The molecule has 0 fully saturated rings. The van der Waals surface area contributed by atoms with Gasteiger partial charge in [-0.1, -0.05) is 170 Å². The van der Waals surface area contributed by atoms with E-state index in [1.165, 1.54) is 44.5 Å². The van der Waals surface area contributed by atoms with Gasteiger partial charge in [0.15, 0.2) is 0 Å². The molecule has 0 N–H and O–H groups in total. The zero-order chi connectivity index (χ0) is 48.8. The summed E-state index contributed by atoms with van der Waals surface area (Å²) in [5.41, 5.74) is 18.4. The van der Waals surface area contributed by atoms with Crippen LogP contribution in [0.5, 0.6) is 0 Å². The molecule has 0 bridgehead atoms. The molecular weight excluding hydrogens is 901 g/mol. The Morgan fingerprint density at radius 2 is 0.473 bits per heavy atom. The molecule has 0 radical (unpaired) electrons. The van der Waals surface area contributed by atoms with Crippen LogP contribution in [0.1, 0.15) is 44.9 Å². The molecule has 3 aliphatic rings. The van der Waals surface area contributed by atoms with E-state index in [1.54, 1.807) is 0 Å². The Labute approximate surface area is 430 Å². The summed E-state index contributed by atoms with van der Waals surface area (Å²) >= 11 is 0. The van der Waals surface area contributed by atoms with E-state index in [0.717, 1.165) is 79.4 Å². The van der Waals surface area contributed by atoms with Gasteiger partial charge in [0.1, 0.15) is 33.9 Å². The third kappa shape index (κ3) is 5.97. The van der Waals surface area contributed by atoms with E-state index in [-0.39, 0.29) is 0 Å². The Balaban J connectivity index is 0.971.